The molecule has 1 aromatic carbocycles. The molecular weight excluding hydrogens is 1340 g/mol. The molecule has 0 aliphatic carbocycles. The zero-order chi connectivity index (χ0) is 60.2. The van der Waals surface area contributed by atoms with E-state index >= 15 is 0 Å². The van der Waals surface area contributed by atoms with Gasteiger partial charge < -0.3 is 45.1 Å². The number of halogens is 8. The second-order valence-corrected chi connectivity index (χ2v) is 18.8. The maximum absolute atomic E-state index is 11.8. The molecule has 5 heterocycles. The van der Waals surface area contributed by atoms with E-state index in [2.05, 4.69) is 191 Å². The second kappa shape index (κ2) is 42.0. The number of benzene rings is 1. The summed E-state index contributed by atoms with van der Waals surface area (Å²) < 4.78 is 49.1. The van der Waals surface area contributed by atoms with Crippen LogP contribution in [0.25, 0.3) is 24.2 Å². The van der Waals surface area contributed by atoms with Gasteiger partial charge in [0.2, 0.25) is 0 Å². The van der Waals surface area contributed by atoms with E-state index in [-0.39, 0.29) is 0 Å². The fourth-order valence-corrected chi connectivity index (χ4v) is 8.37. The van der Waals surface area contributed by atoms with Crippen LogP contribution in [0.2, 0.25) is 0 Å². The van der Waals surface area contributed by atoms with Gasteiger partial charge in [0.1, 0.15) is 11.4 Å². The Morgan fingerprint density at radius 3 is 1.27 bits per heavy atom. The molecule has 0 spiro atoms. The maximum Gasteiger partial charge on any atom is 0.266 e. The van der Waals surface area contributed by atoms with Crippen molar-refractivity contribution >= 4 is 129 Å². The predicted octanol–water partition coefficient (Wildman–Crippen LogP) is 13.0. The molecule has 30 heteroatoms. The van der Waals surface area contributed by atoms with Gasteiger partial charge in [0, 0.05) is 18.4 Å². The Bertz CT molecular complexity index is 2870. The summed E-state index contributed by atoms with van der Waals surface area (Å²) in [5.41, 5.74) is 8.27. The molecule has 0 aliphatic heterocycles. The van der Waals surface area contributed by atoms with Gasteiger partial charge in [-0.15, -0.1) is 25.5 Å². The van der Waals surface area contributed by atoms with Crippen LogP contribution < -0.4 is 11.1 Å². The number of hydrogen-bond acceptors (Lipinski definition) is 11. The monoisotopic (exact) mass is 1400 g/mol. The van der Waals surface area contributed by atoms with Gasteiger partial charge in [0.25, 0.3) is 29.1 Å². The van der Waals surface area contributed by atoms with Gasteiger partial charge in [-0.05, 0) is 67.7 Å². The van der Waals surface area contributed by atoms with Crippen molar-refractivity contribution in [2.24, 2.45) is 45.3 Å². The normalized spacial score (nSPS) is 9.61. The van der Waals surface area contributed by atoms with Gasteiger partial charge in [-0.1, -0.05) is 164 Å². The molecule has 6 aromatic rings. The van der Waals surface area contributed by atoms with Crippen LogP contribution in [0.15, 0.2) is 58.6 Å². The fourth-order valence-electron chi connectivity index (χ4n) is 5.50. The smallest absolute Gasteiger partial charge is 0.266 e. The Morgan fingerprint density at radius 1 is 0.662 bits per heavy atom. The number of alkyl halides is 4. The van der Waals surface area contributed by atoms with Crippen LogP contribution in [0.5, 0.6) is 0 Å². The quantitative estimate of drug-likeness (QED) is 0.0581. The van der Waals surface area contributed by atoms with E-state index in [0.29, 0.717) is 41.0 Å². The Morgan fingerprint density at radius 2 is 1.04 bits per heavy atom. The molecule has 417 valence electrons. The van der Waals surface area contributed by atoms with Gasteiger partial charge in [-0.3, -0.25) is 0 Å². The van der Waals surface area contributed by atoms with Crippen LogP contribution in [0.1, 0.15) is 54.8 Å². The molecule has 77 heavy (non-hydrogen) atoms. The average Bonchev–Trinajstić information content (AvgIpc) is 4.13. The number of nitrogens with one attached hydrogen (secondary N) is 1. The number of hydrogen-bond donors (Lipinski definition) is 3. The van der Waals surface area contributed by atoms with E-state index in [1.54, 1.807) is 70.8 Å². The van der Waals surface area contributed by atoms with Crippen LogP contribution in [0, 0.1) is 46.7 Å². The summed E-state index contributed by atoms with van der Waals surface area (Å²) in [5.74, 6) is 2.78. The summed E-state index contributed by atoms with van der Waals surface area (Å²) >= 11 is 19.7. The molecule has 0 saturated carbocycles. The van der Waals surface area contributed by atoms with Crippen LogP contribution in [0.4, 0.5) is 42.3 Å². The van der Waals surface area contributed by atoms with Crippen LogP contribution >= 0.6 is 92.5 Å². The zero-order valence-corrected chi connectivity index (χ0v) is 54.2. The van der Waals surface area contributed by atoms with Gasteiger partial charge in [0.15, 0.2) is 0 Å². The van der Waals surface area contributed by atoms with E-state index in [1.807, 2.05) is 39.9 Å². The summed E-state index contributed by atoms with van der Waals surface area (Å²) in [6.07, 6.45) is -4.21. The number of nitrogens with zero attached hydrogens (tertiary/aromatic N) is 18. The summed E-state index contributed by atoms with van der Waals surface area (Å²) in [6.45, 7) is 49.4. The average molecular weight is 1410 g/mol. The SMILES string of the molecule is CCN(CC)CC.CN.FC(F)(F)c1ccccc1.[B]=NS.[C-]#[N+]c1c(Br)c(C)nn1C.[C-]#[N+]c1c(Br)c(CBr)nn1C.[C-]#[N+]c1c(Br)c(CN(C)C)nn1C.[C-]#[N+]c1c(Br)c(CNC)nn1C.[C-]#[N+]c1cc(C)nn1C. The first-order valence-electron chi connectivity index (χ1n) is 22.3. The van der Waals surface area contributed by atoms with E-state index < -0.39 is 11.7 Å². The Balaban J connectivity index is -0.000000822. The molecule has 0 aliphatic rings. The first kappa shape index (κ1) is 76.2. The third kappa shape index (κ3) is 27.9. The van der Waals surface area contributed by atoms with Gasteiger partial charge in [-0.2, -0.15) is 31.9 Å². The molecule has 1 radical (unpaired) electrons. The van der Waals surface area contributed by atoms with Crippen molar-refractivity contribution in [3.63, 3.8) is 0 Å². The van der Waals surface area contributed by atoms with E-state index in [0.717, 1.165) is 65.0 Å². The minimum atomic E-state index is -4.21. The Kier molecular flexibility index (Phi) is 41.5. The standard InChI is InChI=1S/C8H11BrN4.C7H9BrN4.C7H5F3.C6H5Br2N3.C6H6BrN3.C6H7N3.C6H15N.CH5N.BHNS/c1-10-8-7(9)6(5-12(2)3)11-13(8)4;1-9-4-5-6(8)7(10-2)12(3)11-5;8-7(9,10)6-4-2-1-3-5-6;1-9-6-5(8)4(3-7)10-11(6)2;1-4-5(7)6(8-2)10(3)9-4;1-5-4-6(7-2)9(3)8-5;1-4-7(5-2)6-3;1-2;1-2-3/h5H2,2-4H3;9H,4H2,1,3H3;1-5H;3H2,2H3;1,3H3;4H,1,3H3;4-6H2,1-3H3;2H2,1H3;3H. The third-order valence-corrected chi connectivity index (χ3v) is 13.0. The van der Waals surface area contributed by atoms with Crippen LogP contribution in [-0.2, 0) is 59.8 Å². The zero-order valence-electron chi connectivity index (χ0n) is 45.4. The fraction of sp³-hybridized carbons (Fsp3) is 0.447. The molecular formula is C47H64BBr5F3N20S. The molecule has 0 atom stereocenters. The third-order valence-electron chi connectivity index (χ3n) is 9.10. The predicted molar refractivity (Wildman–Crippen MR) is 323 cm³/mol. The summed E-state index contributed by atoms with van der Waals surface area (Å²) in [4.78, 5) is 21.0. The van der Waals surface area contributed by atoms with Crippen LogP contribution in [-0.4, -0.2) is 114 Å². The first-order chi connectivity index (χ1) is 36.2. The maximum atomic E-state index is 11.8. The Hall–Kier alpha value is -5.04. The van der Waals surface area contributed by atoms with Gasteiger partial charge in [0.05, 0.1) is 75.8 Å². The molecule has 20 nitrogen and oxygen atoms in total. The largest absolute Gasteiger partial charge is 0.362 e. The van der Waals surface area contributed by atoms with E-state index in [9.17, 15) is 13.2 Å². The van der Waals surface area contributed by atoms with Crippen molar-refractivity contribution in [1.29, 1.82) is 0 Å². The molecule has 5 aromatic heterocycles. The molecule has 0 fully saturated rings. The minimum Gasteiger partial charge on any atom is -0.362 e. The van der Waals surface area contributed by atoms with Gasteiger partial charge in [-0.25, -0.2) is 4.68 Å². The molecule has 0 amide bonds. The van der Waals surface area contributed by atoms with Crippen molar-refractivity contribution in [2.75, 3.05) is 47.8 Å². The van der Waals surface area contributed by atoms with Crippen molar-refractivity contribution in [1.82, 2.24) is 64.0 Å². The number of aromatic nitrogens is 10. The van der Waals surface area contributed by atoms with Crippen molar-refractivity contribution in [3.05, 3.63) is 145 Å². The van der Waals surface area contributed by atoms with Gasteiger partial charge >= 0.3 is 30.9 Å². The first-order valence-corrected chi connectivity index (χ1v) is 27.0. The van der Waals surface area contributed by atoms with Crippen molar-refractivity contribution in [3.8, 4) is 0 Å². The Labute approximate surface area is 500 Å². The van der Waals surface area contributed by atoms with Crippen molar-refractivity contribution in [2.45, 2.75) is 59.2 Å². The van der Waals surface area contributed by atoms with Crippen LogP contribution in [0.3, 0.4) is 0 Å². The van der Waals surface area contributed by atoms with E-state index in [1.165, 1.54) is 38.8 Å². The number of rotatable bonds is 8. The molecule has 0 bridgehead atoms. The number of nitrogens with two attached hydrogens (primary N) is 1. The molecule has 3 N–H and O–H groups in total. The molecule has 0 saturated heterocycles. The molecule has 6 rings (SSSR count). The topological polar surface area (TPSA) is 168 Å². The summed E-state index contributed by atoms with van der Waals surface area (Å²) in [5, 5.41) is 24.2. The van der Waals surface area contributed by atoms with E-state index in [4.69, 9.17) is 32.9 Å². The summed E-state index contributed by atoms with van der Waals surface area (Å²) in [7, 11) is 20.4. The molecule has 0 unspecified atom stereocenters. The number of thiol groups is 1. The van der Waals surface area contributed by atoms with Crippen molar-refractivity contribution < 1.29 is 13.2 Å². The summed E-state index contributed by atoms with van der Waals surface area (Å²) in [6, 6.07) is 8.12. The minimum absolute atomic E-state index is 0.541. The number of aryl methyl sites for hydroxylation is 7. The second-order valence-electron chi connectivity index (χ2n) is 14.8.